The van der Waals surface area contributed by atoms with Crippen LogP contribution in [0, 0.1) is 45.3 Å². The van der Waals surface area contributed by atoms with Crippen molar-refractivity contribution in [1.82, 2.24) is 0 Å². The monoisotopic (exact) mass is 456 g/mol. The molecule has 3 heteroatoms. The first kappa shape index (κ1) is 24.0. The Bertz CT molecular complexity index is 849. The van der Waals surface area contributed by atoms with E-state index in [9.17, 15) is 9.90 Å². The van der Waals surface area contributed by atoms with Gasteiger partial charge in [0.05, 0.1) is 12.7 Å². The fourth-order valence-corrected chi connectivity index (χ4v) is 10.6. The Kier molecular flexibility index (Phi) is 5.40. The number of hydrogen-bond acceptors (Lipinski definition) is 3. The van der Waals surface area contributed by atoms with Gasteiger partial charge in [-0.3, -0.25) is 4.79 Å². The number of fused-ring (bicyclic) bond motifs is 5. The minimum Gasteiger partial charge on any atom is -0.393 e. The number of aliphatic hydroxyl groups excluding tert-OH is 1. The molecule has 0 bridgehead atoms. The van der Waals surface area contributed by atoms with Gasteiger partial charge in [-0.05, 0) is 117 Å². The summed E-state index contributed by atoms with van der Waals surface area (Å²) in [6.45, 7) is 17.3. The SMILES string of the molecule is CC(C)=CC(=O)CC1(C2CCC3(C)C2CCC2C4(C)CCC(O)C(C)(C)C4CCC23C)CO1. The third-order valence-corrected chi connectivity index (χ3v) is 12.5. The third kappa shape index (κ3) is 3.23. The van der Waals surface area contributed by atoms with Gasteiger partial charge in [0.15, 0.2) is 5.78 Å². The van der Waals surface area contributed by atoms with E-state index in [1.807, 2.05) is 19.9 Å². The minimum atomic E-state index is -0.188. The maximum atomic E-state index is 12.7. The molecular formula is C30H48O3. The molecule has 0 aromatic rings. The summed E-state index contributed by atoms with van der Waals surface area (Å²) in [5.41, 5.74) is 1.91. The molecule has 0 spiro atoms. The molecular weight excluding hydrogens is 408 g/mol. The summed E-state index contributed by atoms with van der Waals surface area (Å²) in [5.74, 6) is 2.80. The average molecular weight is 457 g/mol. The molecule has 186 valence electrons. The van der Waals surface area contributed by atoms with Crippen LogP contribution in [0.5, 0.6) is 0 Å². The number of rotatable bonds is 4. The zero-order chi connectivity index (χ0) is 24.0. The highest BCUT2D eigenvalue weighted by Crippen LogP contribution is 2.76. The van der Waals surface area contributed by atoms with Crippen LogP contribution in [0.1, 0.15) is 106 Å². The smallest absolute Gasteiger partial charge is 0.158 e. The van der Waals surface area contributed by atoms with Gasteiger partial charge in [0.25, 0.3) is 0 Å². The first-order valence-electron chi connectivity index (χ1n) is 13.8. The van der Waals surface area contributed by atoms with Crippen LogP contribution in [0.2, 0.25) is 0 Å². The Morgan fingerprint density at radius 3 is 2.18 bits per heavy atom. The van der Waals surface area contributed by atoms with E-state index in [-0.39, 0.29) is 22.9 Å². The number of hydrogen-bond donors (Lipinski definition) is 1. The molecule has 9 unspecified atom stereocenters. The van der Waals surface area contributed by atoms with Crippen LogP contribution < -0.4 is 0 Å². The fraction of sp³-hybridized carbons (Fsp3) is 0.900. The first-order chi connectivity index (χ1) is 15.3. The van der Waals surface area contributed by atoms with E-state index >= 15 is 0 Å². The molecule has 1 heterocycles. The zero-order valence-corrected chi connectivity index (χ0v) is 22.3. The van der Waals surface area contributed by atoms with Crippen LogP contribution >= 0.6 is 0 Å². The lowest BCUT2D eigenvalue weighted by atomic mass is 9.35. The fourth-order valence-electron chi connectivity index (χ4n) is 10.6. The molecule has 1 aliphatic heterocycles. The quantitative estimate of drug-likeness (QED) is 0.377. The number of ketones is 1. The molecule has 4 aliphatic carbocycles. The molecule has 1 saturated heterocycles. The second kappa shape index (κ2) is 7.42. The van der Waals surface area contributed by atoms with Crippen molar-refractivity contribution in [2.45, 2.75) is 118 Å². The van der Waals surface area contributed by atoms with Crippen LogP contribution in [-0.4, -0.2) is 29.2 Å². The van der Waals surface area contributed by atoms with Gasteiger partial charge >= 0.3 is 0 Å². The van der Waals surface area contributed by atoms with E-state index in [4.69, 9.17) is 4.74 Å². The summed E-state index contributed by atoms with van der Waals surface area (Å²) in [4.78, 5) is 12.7. The van der Waals surface area contributed by atoms with Gasteiger partial charge in [0.1, 0.15) is 5.60 Å². The van der Waals surface area contributed by atoms with Crippen molar-refractivity contribution in [2.75, 3.05) is 6.61 Å². The maximum Gasteiger partial charge on any atom is 0.158 e. The van der Waals surface area contributed by atoms with Crippen LogP contribution in [0.15, 0.2) is 11.6 Å². The van der Waals surface area contributed by atoms with E-state index in [1.54, 1.807) is 0 Å². The number of epoxide rings is 1. The van der Waals surface area contributed by atoms with Crippen LogP contribution in [0.3, 0.4) is 0 Å². The number of aliphatic hydroxyl groups is 1. The lowest BCUT2D eigenvalue weighted by molar-refractivity contribution is -0.222. The normalized spacial score (nSPS) is 52.3. The zero-order valence-electron chi connectivity index (χ0n) is 22.3. The van der Waals surface area contributed by atoms with E-state index < -0.39 is 0 Å². The van der Waals surface area contributed by atoms with Crippen LogP contribution in [-0.2, 0) is 9.53 Å². The van der Waals surface area contributed by atoms with Crippen LogP contribution in [0.4, 0.5) is 0 Å². The second-order valence-corrected chi connectivity index (χ2v) is 14.4. The predicted molar refractivity (Wildman–Crippen MR) is 133 cm³/mol. The Morgan fingerprint density at radius 1 is 0.879 bits per heavy atom. The predicted octanol–water partition coefficient (Wildman–Crippen LogP) is 6.73. The van der Waals surface area contributed by atoms with Crippen molar-refractivity contribution in [1.29, 1.82) is 0 Å². The van der Waals surface area contributed by atoms with Gasteiger partial charge in [-0.1, -0.05) is 40.2 Å². The van der Waals surface area contributed by atoms with Crippen molar-refractivity contribution in [3.63, 3.8) is 0 Å². The molecule has 5 aliphatic rings. The topological polar surface area (TPSA) is 49.8 Å². The molecule has 0 amide bonds. The number of carbonyl (C=O) groups excluding carboxylic acids is 1. The molecule has 9 atom stereocenters. The lowest BCUT2D eigenvalue weighted by Crippen LogP contribution is -2.64. The highest BCUT2D eigenvalue weighted by molar-refractivity contribution is 5.91. The average Bonchev–Trinajstić information content (AvgIpc) is 3.38. The van der Waals surface area contributed by atoms with E-state index in [1.165, 1.54) is 44.9 Å². The van der Waals surface area contributed by atoms with E-state index in [2.05, 4.69) is 34.6 Å². The number of allylic oxidation sites excluding steroid dienone is 2. The standard InChI is InChI=1S/C30H48O3/c1-19(2)16-20(31)17-30(18-33-30)22-10-14-28(6)21(22)8-9-24-27(5)13-12-25(32)26(3,4)23(27)11-15-29(24,28)7/h16,21-25,32H,8-15,17-18H2,1-7H3. The Balaban J connectivity index is 1.43. The van der Waals surface area contributed by atoms with Gasteiger partial charge in [-0.2, -0.15) is 0 Å². The summed E-state index contributed by atoms with van der Waals surface area (Å²) < 4.78 is 6.16. The molecule has 1 N–H and O–H groups in total. The molecule has 3 nitrogen and oxygen atoms in total. The summed E-state index contributed by atoms with van der Waals surface area (Å²) in [5, 5.41) is 10.9. The van der Waals surface area contributed by atoms with Crippen molar-refractivity contribution in [2.24, 2.45) is 45.3 Å². The maximum absolute atomic E-state index is 12.7. The van der Waals surface area contributed by atoms with Gasteiger partial charge in [-0.25, -0.2) is 0 Å². The van der Waals surface area contributed by atoms with E-state index in [0.717, 1.165) is 24.5 Å². The molecule has 33 heavy (non-hydrogen) atoms. The second-order valence-electron chi connectivity index (χ2n) is 14.4. The van der Waals surface area contributed by atoms with Crippen LogP contribution in [0.25, 0.3) is 0 Å². The van der Waals surface area contributed by atoms with Gasteiger partial charge in [0.2, 0.25) is 0 Å². The van der Waals surface area contributed by atoms with Gasteiger partial charge in [-0.15, -0.1) is 0 Å². The Labute approximate surface area is 202 Å². The highest BCUT2D eigenvalue weighted by atomic mass is 16.6. The molecule has 0 radical (unpaired) electrons. The van der Waals surface area contributed by atoms with Crippen molar-refractivity contribution >= 4 is 5.78 Å². The molecule has 0 aromatic carbocycles. The summed E-state index contributed by atoms with van der Waals surface area (Å²) in [6.07, 6.45) is 12.0. The highest BCUT2D eigenvalue weighted by Gasteiger charge is 2.71. The molecule has 5 rings (SSSR count). The lowest BCUT2D eigenvalue weighted by Gasteiger charge is -2.69. The summed E-state index contributed by atoms with van der Waals surface area (Å²) in [7, 11) is 0. The van der Waals surface area contributed by atoms with E-state index in [0.29, 0.717) is 40.4 Å². The molecule has 0 aromatic heterocycles. The van der Waals surface area contributed by atoms with Gasteiger partial charge in [0, 0.05) is 6.42 Å². The van der Waals surface area contributed by atoms with Gasteiger partial charge < -0.3 is 9.84 Å². The Hall–Kier alpha value is -0.670. The molecule has 4 saturated carbocycles. The largest absolute Gasteiger partial charge is 0.393 e. The third-order valence-electron chi connectivity index (χ3n) is 12.5. The minimum absolute atomic E-state index is 0.0154. The summed E-state index contributed by atoms with van der Waals surface area (Å²) >= 11 is 0. The van der Waals surface area contributed by atoms with Crippen molar-refractivity contribution < 1.29 is 14.6 Å². The summed E-state index contributed by atoms with van der Waals surface area (Å²) in [6, 6.07) is 0. The number of ether oxygens (including phenoxy) is 1. The van der Waals surface area contributed by atoms with Crippen molar-refractivity contribution in [3.8, 4) is 0 Å². The van der Waals surface area contributed by atoms with Crippen molar-refractivity contribution in [3.05, 3.63) is 11.6 Å². The number of carbonyl (C=O) groups is 1. The Morgan fingerprint density at radius 2 is 1.55 bits per heavy atom. The first-order valence-corrected chi connectivity index (χ1v) is 13.8. The molecule has 5 fully saturated rings.